The Balaban J connectivity index is 2.52. The van der Waals surface area contributed by atoms with E-state index in [1.165, 1.54) is 13.1 Å². The highest BCUT2D eigenvalue weighted by atomic mass is 35.5. The van der Waals surface area contributed by atoms with Crippen LogP contribution in [0.2, 0.25) is 5.15 Å². The van der Waals surface area contributed by atoms with E-state index in [1.54, 1.807) is 12.1 Å². The number of hydrogen-bond donors (Lipinski definition) is 2. The average molecular weight is 242 g/mol. The van der Waals surface area contributed by atoms with Gasteiger partial charge >= 0.3 is 0 Å². The van der Waals surface area contributed by atoms with Crippen LogP contribution >= 0.6 is 11.6 Å². The van der Waals surface area contributed by atoms with Gasteiger partial charge in [0.15, 0.2) is 0 Å². The smallest absolute Gasteiger partial charge is 0.239 e. The standard InChI is InChI=1S/C10H12ClN3O2/c1-6(10(12)16)14-9(15)4-7-2-3-8(11)13-5-7/h2-3,5-6H,4H2,1H3,(H2,12,16)(H,14,15). The van der Waals surface area contributed by atoms with Crippen LogP contribution in [0.1, 0.15) is 12.5 Å². The zero-order valence-corrected chi connectivity index (χ0v) is 9.49. The first-order valence-electron chi connectivity index (χ1n) is 4.68. The van der Waals surface area contributed by atoms with E-state index in [2.05, 4.69) is 10.3 Å². The van der Waals surface area contributed by atoms with Crippen molar-refractivity contribution in [3.63, 3.8) is 0 Å². The van der Waals surface area contributed by atoms with Crippen molar-refractivity contribution in [1.29, 1.82) is 0 Å². The number of halogens is 1. The number of carbonyl (C=O) groups excluding carboxylic acids is 2. The Morgan fingerprint density at radius 1 is 1.56 bits per heavy atom. The van der Waals surface area contributed by atoms with E-state index in [9.17, 15) is 9.59 Å². The molecule has 0 aliphatic rings. The number of primary amides is 1. The molecule has 1 aromatic rings. The predicted molar refractivity (Wildman–Crippen MR) is 59.8 cm³/mol. The van der Waals surface area contributed by atoms with Gasteiger partial charge in [0.1, 0.15) is 11.2 Å². The summed E-state index contributed by atoms with van der Waals surface area (Å²) in [6.07, 6.45) is 1.65. The lowest BCUT2D eigenvalue weighted by molar-refractivity contribution is -0.126. The number of aromatic nitrogens is 1. The largest absolute Gasteiger partial charge is 0.368 e. The van der Waals surface area contributed by atoms with Crippen LogP contribution in [-0.4, -0.2) is 22.8 Å². The van der Waals surface area contributed by atoms with E-state index >= 15 is 0 Å². The molecule has 1 atom stereocenters. The number of carbonyl (C=O) groups is 2. The molecule has 0 fully saturated rings. The van der Waals surface area contributed by atoms with Crippen molar-refractivity contribution in [1.82, 2.24) is 10.3 Å². The molecule has 1 heterocycles. The molecular weight excluding hydrogens is 230 g/mol. The van der Waals surface area contributed by atoms with Crippen molar-refractivity contribution in [3.8, 4) is 0 Å². The van der Waals surface area contributed by atoms with Gasteiger partial charge in [-0.15, -0.1) is 0 Å². The van der Waals surface area contributed by atoms with Crippen molar-refractivity contribution in [2.75, 3.05) is 0 Å². The van der Waals surface area contributed by atoms with Gasteiger partial charge in [-0.3, -0.25) is 9.59 Å². The Labute approximate surface area is 98.0 Å². The molecule has 16 heavy (non-hydrogen) atoms. The van der Waals surface area contributed by atoms with Crippen molar-refractivity contribution < 1.29 is 9.59 Å². The fraction of sp³-hybridized carbons (Fsp3) is 0.300. The monoisotopic (exact) mass is 241 g/mol. The number of nitrogens with zero attached hydrogens (tertiary/aromatic N) is 1. The lowest BCUT2D eigenvalue weighted by Crippen LogP contribution is -2.42. The normalized spacial score (nSPS) is 11.9. The van der Waals surface area contributed by atoms with Crippen molar-refractivity contribution >= 4 is 23.4 Å². The summed E-state index contributed by atoms with van der Waals surface area (Å²) >= 11 is 5.60. The number of hydrogen-bond acceptors (Lipinski definition) is 3. The minimum atomic E-state index is -0.673. The summed E-state index contributed by atoms with van der Waals surface area (Å²) in [6, 6.07) is 2.62. The van der Waals surface area contributed by atoms with Crippen LogP contribution in [0, 0.1) is 0 Å². The fourth-order valence-corrected chi connectivity index (χ4v) is 1.17. The summed E-state index contributed by atoms with van der Waals surface area (Å²) in [5, 5.41) is 2.84. The molecule has 0 bridgehead atoms. The van der Waals surface area contributed by atoms with Crippen molar-refractivity contribution in [3.05, 3.63) is 29.0 Å². The summed E-state index contributed by atoms with van der Waals surface area (Å²) in [5.74, 6) is -0.849. The Morgan fingerprint density at radius 2 is 2.25 bits per heavy atom. The van der Waals surface area contributed by atoms with E-state index < -0.39 is 11.9 Å². The number of nitrogens with one attached hydrogen (secondary N) is 1. The third kappa shape index (κ3) is 3.86. The first kappa shape index (κ1) is 12.4. The Hall–Kier alpha value is -1.62. The van der Waals surface area contributed by atoms with Gasteiger partial charge in [-0.25, -0.2) is 4.98 Å². The lowest BCUT2D eigenvalue weighted by atomic mass is 10.2. The molecule has 0 saturated heterocycles. The number of amides is 2. The van der Waals surface area contributed by atoms with Crippen molar-refractivity contribution in [2.24, 2.45) is 5.73 Å². The third-order valence-corrected chi connectivity index (χ3v) is 2.18. The molecule has 0 spiro atoms. The molecule has 0 radical (unpaired) electrons. The van der Waals surface area contributed by atoms with E-state index in [4.69, 9.17) is 17.3 Å². The number of nitrogens with two attached hydrogens (primary N) is 1. The minimum Gasteiger partial charge on any atom is -0.368 e. The second-order valence-electron chi connectivity index (χ2n) is 3.36. The van der Waals surface area contributed by atoms with Crippen LogP contribution in [0.15, 0.2) is 18.3 Å². The molecule has 0 saturated carbocycles. The van der Waals surface area contributed by atoms with Gasteiger partial charge in [0, 0.05) is 6.20 Å². The topological polar surface area (TPSA) is 85.1 Å². The summed E-state index contributed by atoms with van der Waals surface area (Å²) in [7, 11) is 0. The molecule has 0 aromatic carbocycles. The molecule has 0 aliphatic carbocycles. The molecule has 1 aromatic heterocycles. The van der Waals surface area contributed by atoms with E-state index in [-0.39, 0.29) is 12.3 Å². The molecule has 86 valence electrons. The van der Waals surface area contributed by atoms with Gasteiger partial charge in [-0.05, 0) is 18.6 Å². The van der Waals surface area contributed by atoms with Crippen molar-refractivity contribution in [2.45, 2.75) is 19.4 Å². The molecule has 3 N–H and O–H groups in total. The van der Waals surface area contributed by atoms with Gasteiger partial charge in [0.2, 0.25) is 11.8 Å². The molecule has 6 heteroatoms. The van der Waals surface area contributed by atoms with E-state index in [1.807, 2.05) is 0 Å². The summed E-state index contributed by atoms with van der Waals surface area (Å²) in [4.78, 5) is 26.0. The van der Waals surface area contributed by atoms with Gasteiger partial charge in [0.05, 0.1) is 6.42 Å². The highest BCUT2D eigenvalue weighted by Gasteiger charge is 2.12. The molecule has 5 nitrogen and oxygen atoms in total. The van der Waals surface area contributed by atoms with Crippen LogP contribution in [-0.2, 0) is 16.0 Å². The van der Waals surface area contributed by atoms with Crippen LogP contribution in [0.5, 0.6) is 0 Å². The summed E-state index contributed by atoms with van der Waals surface area (Å²) < 4.78 is 0. The highest BCUT2D eigenvalue weighted by Crippen LogP contribution is 2.05. The van der Waals surface area contributed by atoms with Gasteiger partial charge in [-0.1, -0.05) is 17.7 Å². The summed E-state index contributed by atoms with van der Waals surface area (Å²) in [6.45, 7) is 1.53. The Bertz CT molecular complexity index is 392. The quantitative estimate of drug-likeness (QED) is 0.742. The van der Waals surface area contributed by atoms with E-state index in [0.717, 1.165) is 5.56 Å². The minimum absolute atomic E-state index is 0.141. The van der Waals surface area contributed by atoms with Crippen LogP contribution < -0.4 is 11.1 Å². The molecule has 2 amide bonds. The second-order valence-corrected chi connectivity index (χ2v) is 3.74. The van der Waals surface area contributed by atoms with Gasteiger partial charge < -0.3 is 11.1 Å². The average Bonchev–Trinajstić information content (AvgIpc) is 2.21. The van der Waals surface area contributed by atoms with Crippen LogP contribution in [0.3, 0.4) is 0 Å². The zero-order chi connectivity index (χ0) is 12.1. The van der Waals surface area contributed by atoms with Gasteiger partial charge in [0.25, 0.3) is 0 Å². The highest BCUT2D eigenvalue weighted by molar-refractivity contribution is 6.29. The van der Waals surface area contributed by atoms with Crippen LogP contribution in [0.25, 0.3) is 0 Å². The third-order valence-electron chi connectivity index (χ3n) is 1.96. The maximum absolute atomic E-state index is 11.4. The maximum atomic E-state index is 11.4. The fourth-order valence-electron chi connectivity index (χ4n) is 1.06. The maximum Gasteiger partial charge on any atom is 0.239 e. The SMILES string of the molecule is CC(NC(=O)Cc1ccc(Cl)nc1)C(N)=O. The molecule has 0 aliphatic heterocycles. The number of rotatable bonds is 4. The first-order chi connectivity index (χ1) is 7.49. The Kier molecular flexibility index (Phi) is 4.25. The zero-order valence-electron chi connectivity index (χ0n) is 8.74. The first-order valence-corrected chi connectivity index (χ1v) is 5.06. The second kappa shape index (κ2) is 5.46. The Morgan fingerprint density at radius 3 is 2.75 bits per heavy atom. The van der Waals surface area contributed by atoms with Crippen LogP contribution in [0.4, 0.5) is 0 Å². The molecule has 1 rings (SSSR count). The van der Waals surface area contributed by atoms with Gasteiger partial charge in [-0.2, -0.15) is 0 Å². The van der Waals surface area contributed by atoms with E-state index in [0.29, 0.717) is 5.15 Å². The lowest BCUT2D eigenvalue weighted by Gasteiger charge is -2.09. The predicted octanol–water partition coefficient (Wildman–Crippen LogP) is 0.267. The summed E-state index contributed by atoms with van der Waals surface area (Å²) in [5.41, 5.74) is 5.73. The molecular formula is C10H12ClN3O2. The number of pyridine rings is 1. The molecule has 1 unspecified atom stereocenters.